The molecular formula is C13H14BrNO2. The number of ketones is 1. The SMILES string of the molecule is Cc1ccc(C)c2c1C(=O)C(=O)N2CCCBr. The van der Waals surface area contributed by atoms with Crippen LogP contribution in [0.3, 0.4) is 0 Å². The highest BCUT2D eigenvalue weighted by Crippen LogP contribution is 2.34. The van der Waals surface area contributed by atoms with Crippen molar-refractivity contribution in [3.05, 3.63) is 28.8 Å². The second kappa shape index (κ2) is 4.61. The lowest BCUT2D eigenvalue weighted by atomic mass is 10.0. The fourth-order valence-corrected chi connectivity index (χ4v) is 2.44. The number of hydrogen-bond donors (Lipinski definition) is 0. The first-order chi connectivity index (χ1) is 8.07. The lowest BCUT2D eigenvalue weighted by Crippen LogP contribution is -2.31. The van der Waals surface area contributed by atoms with Crippen LogP contribution in [0.2, 0.25) is 0 Å². The van der Waals surface area contributed by atoms with Gasteiger partial charge in [0, 0.05) is 11.9 Å². The monoisotopic (exact) mass is 295 g/mol. The van der Waals surface area contributed by atoms with Gasteiger partial charge in [0.2, 0.25) is 0 Å². The Bertz CT molecular complexity index is 496. The van der Waals surface area contributed by atoms with Crippen LogP contribution in [-0.2, 0) is 4.79 Å². The first kappa shape index (κ1) is 12.3. The van der Waals surface area contributed by atoms with E-state index in [4.69, 9.17) is 0 Å². The third-order valence-electron chi connectivity index (χ3n) is 3.04. The van der Waals surface area contributed by atoms with Crippen LogP contribution in [0, 0.1) is 13.8 Å². The molecule has 0 radical (unpaired) electrons. The van der Waals surface area contributed by atoms with Crippen LogP contribution < -0.4 is 4.90 Å². The standard InChI is InChI=1S/C13H14BrNO2/c1-8-4-5-9(2)11-10(8)12(16)13(17)15(11)7-3-6-14/h4-5H,3,6-7H2,1-2H3. The zero-order chi connectivity index (χ0) is 12.6. The van der Waals surface area contributed by atoms with Crippen LogP contribution in [0.5, 0.6) is 0 Å². The molecule has 0 atom stereocenters. The Labute approximate surface area is 109 Å². The number of carbonyl (C=O) groups excluding carboxylic acids is 2. The van der Waals surface area contributed by atoms with Crippen molar-refractivity contribution in [2.75, 3.05) is 16.8 Å². The predicted molar refractivity (Wildman–Crippen MR) is 71.0 cm³/mol. The van der Waals surface area contributed by atoms with E-state index in [0.717, 1.165) is 28.6 Å². The smallest absolute Gasteiger partial charge is 0.299 e. The maximum Gasteiger partial charge on any atom is 0.299 e. The zero-order valence-corrected chi connectivity index (χ0v) is 11.5. The van der Waals surface area contributed by atoms with Crippen LogP contribution in [0.4, 0.5) is 5.69 Å². The highest BCUT2D eigenvalue weighted by molar-refractivity contribution is 9.09. The van der Waals surface area contributed by atoms with E-state index < -0.39 is 5.91 Å². The second-order valence-electron chi connectivity index (χ2n) is 4.25. The first-order valence-electron chi connectivity index (χ1n) is 5.60. The van der Waals surface area contributed by atoms with Gasteiger partial charge in [-0.1, -0.05) is 28.1 Å². The number of halogens is 1. The van der Waals surface area contributed by atoms with Crippen molar-refractivity contribution in [3.63, 3.8) is 0 Å². The Balaban J connectivity index is 2.52. The molecule has 0 aliphatic carbocycles. The number of Topliss-reactive ketones (excluding diaryl/α,β-unsaturated/α-hetero) is 1. The molecule has 3 nitrogen and oxygen atoms in total. The molecule has 1 aliphatic heterocycles. The summed E-state index contributed by atoms with van der Waals surface area (Å²) in [7, 11) is 0. The van der Waals surface area contributed by atoms with Crippen LogP contribution in [-0.4, -0.2) is 23.6 Å². The maximum atomic E-state index is 11.9. The molecule has 1 amide bonds. The summed E-state index contributed by atoms with van der Waals surface area (Å²) in [5.41, 5.74) is 3.26. The topological polar surface area (TPSA) is 37.4 Å². The average Bonchev–Trinajstić information content (AvgIpc) is 2.56. The number of aryl methyl sites for hydroxylation is 2. The van der Waals surface area contributed by atoms with Gasteiger partial charge < -0.3 is 4.90 Å². The van der Waals surface area contributed by atoms with Gasteiger partial charge in [-0.3, -0.25) is 9.59 Å². The van der Waals surface area contributed by atoms with E-state index in [1.54, 1.807) is 4.90 Å². The minimum absolute atomic E-state index is 0.365. The number of anilines is 1. The van der Waals surface area contributed by atoms with Crippen molar-refractivity contribution in [2.45, 2.75) is 20.3 Å². The van der Waals surface area contributed by atoms with Gasteiger partial charge in [0.25, 0.3) is 11.7 Å². The lowest BCUT2D eigenvalue weighted by molar-refractivity contribution is -0.114. The summed E-state index contributed by atoms with van der Waals surface area (Å²) in [5, 5.41) is 0.825. The summed E-state index contributed by atoms with van der Waals surface area (Å²) in [6.45, 7) is 4.40. The highest BCUT2D eigenvalue weighted by atomic mass is 79.9. The molecule has 1 aliphatic rings. The van der Waals surface area contributed by atoms with Crippen molar-refractivity contribution in [1.82, 2.24) is 0 Å². The Hall–Kier alpha value is -1.16. The Kier molecular flexibility index (Phi) is 3.33. The van der Waals surface area contributed by atoms with E-state index in [9.17, 15) is 9.59 Å². The summed E-state index contributed by atoms with van der Waals surface area (Å²) in [6, 6.07) is 3.86. The minimum atomic E-state index is -0.390. The number of benzene rings is 1. The molecule has 2 rings (SSSR count). The van der Waals surface area contributed by atoms with E-state index in [1.165, 1.54) is 0 Å². The van der Waals surface area contributed by atoms with Gasteiger partial charge in [-0.05, 0) is 31.4 Å². The summed E-state index contributed by atoms with van der Waals surface area (Å²) < 4.78 is 0. The number of alkyl halides is 1. The van der Waals surface area contributed by atoms with Crippen LogP contribution in [0.15, 0.2) is 12.1 Å². The molecule has 1 aromatic carbocycles. The second-order valence-corrected chi connectivity index (χ2v) is 5.04. The molecule has 1 heterocycles. The number of fused-ring (bicyclic) bond motifs is 1. The molecule has 0 spiro atoms. The van der Waals surface area contributed by atoms with Gasteiger partial charge in [0.05, 0.1) is 11.3 Å². The van der Waals surface area contributed by atoms with Crippen molar-refractivity contribution < 1.29 is 9.59 Å². The molecule has 0 fully saturated rings. The maximum absolute atomic E-state index is 11.9. The van der Waals surface area contributed by atoms with E-state index in [-0.39, 0.29) is 5.78 Å². The Morgan fingerprint density at radius 3 is 2.47 bits per heavy atom. The number of nitrogens with zero attached hydrogens (tertiary/aromatic N) is 1. The number of carbonyl (C=O) groups is 2. The van der Waals surface area contributed by atoms with Gasteiger partial charge >= 0.3 is 0 Å². The molecular weight excluding hydrogens is 282 g/mol. The largest absolute Gasteiger partial charge is 0.304 e. The van der Waals surface area contributed by atoms with E-state index >= 15 is 0 Å². The normalized spacial score (nSPS) is 14.4. The molecule has 0 aromatic heterocycles. The van der Waals surface area contributed by atoms with Crippen molar-refractivity contribution >= 4 is 33.3 Å². The molecule has 0 saturated heterocycles. The Morgan fingerprint density at radius 2 is 1.82 bits per heavy atom. The molecule has 1 aromatic rings. The Morgan fingerprint density at radius 1 is 1.18 bits per heavy atom. The number of amides is 1. The van der Waals surface area contributed by atoms with Gasteiger partial charge in [0.1, 0.15) is 0 Å². The van der Waals surface area contributed by atoms with Gasteiger partial charge in [-0.25, -0.2) is 0 Å². The quantitative estimate of drug-likeness (QED) is 0.635. The average molecular weight is 296 g/mol. The van der Waals surface area contributed by atoms with E-state index in [2.05, 4.69) is 15.9 Å². The molecule has 17 heavy (non-hydrogen) atoms. The lowest BCUT2D eigenvalue weighted by Gasteiger charge is -2.18. The molecule has 0 saturated carbocycles. The summed E-state index contributed by atoms with van der Waals surface area (Å²) >= 11 is 3.34. The highest BCUT2D eigenvalue weighted by Gasteiger charge is 2.37. The summed E-state index contributed by atoms with van der Waals surface area (Å²) in [6.07, 6.45) is 0.839. The van der Waals surface area contributed by atoms with E-state index in [1.807, 2.05) is 26.0 Å². The predicted octanol–water partition coefficient (Wildman–Crippen LogP) is 2.62. The fraction of sp³-hybridized carbons (Fsp3) is 0.385. The summed E-state index contributed by atoms with van der Waals surface area (Å²) in [4.78, 5) is 25.5. The van der Waals surface area contributed by atoms with Gasteiger partial charge in [-0.15, -0.1) is 0 Å². The molecule has 0 bridgehead atoms. The number of rotatable bonds is 3. The van der Waals surface area contributed by atoms with Crippen molar-refractivity contribution in [3.8, 4) is 0 Å². The van der Waals surface area contributed by atoms with Gasteiger partial charge in [0.15, 0.2) is 0 Å². The van der Waals surface area contributed by atoms with Crippen LogP contribution in [0.1, 0.15) is 27.9 Å². The van der Waals surface area contributed by atoms with Crippen molar-refractivity contribution in [1.29, 1.82) is 0 Å². The zero-order valence-electron chi connectivity index (χ0n) is 9.92. The first-order valence-corrected chi connectivity index (χ1v) is 6.72. The van der Waals surface area contributed by atoms with Gasteiger partial charge in [-0.2, -0.15) is 0 Å². The van der Waals surface area contributed by atoms with Crippen molar-refractivity contribution in [2.24, 2.45) is 0 Å². The van der Waals surface area contributed by atoms with Crippen LogP contribution >= 0.6 is 15.9 Å². The van der Waals surface area contributed by atoms with E-state index in [0.29, 0.717) is 12.1 Å². The third-order valence-corrected chi connectivity index (χ3v) is 3.60. The van der Waals surface area contributed by atoms with Crippen LogP contribution in [0.25, 0.3) is 0 Å². The minimum Gasteiger partial charge on any atom is -0.304 e. The molecule has 90 valence electrons. The number of hydrogen-bond acceptors (Lipinski definition) is 2. The molecule has 4 heteroatoms. The molecule has 0 unspecified atom stereocenters. The fourth-order valence-electron chi connectivity index (χ4n) is 2.19. The third kappa shape index (κ3) is 1.90. The summed E-state index contributed by atoms with van der Waals surface area (Å²) in [5.74, 6) is -0.755. The molecule has 0 N–H and O–H groups in total.